The van der Waals surface area contributed by atoms with Crippen LogP contribution in [0.4, 0.5) is 4.39 Å². The fourth-order valence-corrected chi connectivity index (χ4v) is 9.88. The van der Waals surface area contributed by atoms with E-state index >= 15 is 0 Å². The molecule has 5 aliphatic heterocycles. The molecule has 102 heavy (non-hydrogen) atoms. The summed E-state index contributed by atoms with van der Waals surface area (Å²) in [6.45, 7) is 27.8. The number of aliphatic hydroxyl groups is 3. The van der Waals surface area contributed by atoms with Gasteiger partial charge in [-0.25, -0.2) is 8.42 Å². The van der Waals surface area contributed by atoms with Gasteiger partial charge in [-0.2, -0.15) is 8.42 Å². The maximum atomic E-state index is 11.7. The first-order chi connectivity index (χ1) is 48.1. The Morgan fingerprint density at radius 1 is 0.608 bits per heavy atom. The molecule has 561 valence electrons. The Hall–Kier alpha value is -3.87. The summed E-state index contributed by atoms with van der Waals surface area (Å²) in [6.07, 6.45) is 11.5. The van der Waals surface area contributed by atoms with Crippen LogP contribution in [0.1, 0.15) is 150 Å². The summed E-state index contributed by atoms with van der Waals surface area (Å²) in [5.41, 5.74) is 26.7. The van der Waals surface area contributed by atoms with E-state index < -0.39 is 26.3 Å². The number of hydrogen-bond donors (Lipinski definition) is 4. The quantitative estimate of drug-likeness (QED) is 0.00641. The summed E-state index contributed by atoms with van der Waals surface area (Å²) >= 11 is 5.43. The summed E-state index contributed by atoms with van der Waals surface area (Å²) in [5.74, 6) is 0.770. The van der Waals surface area contributed by atoms with E-state index in [2.05, 4.69) is 71.3 Å². The monoisotopic (exact) mass is 1520 g/mol. The van der Waals surface area contributed by atoms with Gasteiger partial charge in [0.25, 0.3) is 10.1 Å². The number of aliphatic hydroxyl groups excluding tert-OH is 3. The molecule has 0 amide bonds. The van der Waals surface area contributed by atoms with Gasteiger partial charge in [0.15, 0.2) is 11.6 Å². The van der Waals surface area contributed by atoms with Gasteiger partial charge in [-0.1, -0.05) is 178 Å². The molecule has 3 atom stereocenters. The molecule has 5 saturated heterocycles. The van der Waals surface area contributed by atoms with Crippen molar-refractivity contribution in [1.82, 2.24) is 29.8 Å². The average molecular weight is 1520 g/mol. The summed E-state index contributed by atoms with van der Waals surface area (Å²) in [7, 11) is -2.12. The van der Waals surface area contributed by atoms with Gasteiger partial charge in [-0.3, -0.25) is 23.1 Å². The largest absolute Gasteiger partial charge is 1.00 e. The summed E-state index contributed by atoms with van der Waals surface area (Å²) in [6, 6.07) is 48.1. The molecule has 3 unspecified atom stereocenters. The second-order valence-electron chi connectivity index (χ2n) is 22.5. The maximum absolute atomic E-state index is 11.7. The number of benzene rings is 5. The maximum Gasteiger partial charge on any atom is 1.00 e. The van der Waals surface area contributed by atoms with Gasteiger partial charge >= 0.3 is 59.1 Å². The smallest absolute Gasteiger partial charge is 1.00 e. The molecule has 10 rings (SSSR count). The van der Waals surface area contributed by atoms with Crippen LogP contribution in [-0.2, 0) is 23.4 Å². The summed E-state index contributed by atoms with van der Waals surface area (Å²) < 4.78 is 62.1. The molecule has 4 N–H and O–H groups in total. The van der Waals surface area contributed by atoms with Crippen LogP contribution in [0.15, 0.2) is 157 Å². The van der Waals surface area contributed by atoms with Crippen molar-refractivity contribution in [3.05, 3.63) is 206 Å². The van der Waals surface area contributed by atoms with E-state index in [1.165, 1.54) is 109 Å². The molecular weight excluding hydrogens is 1400 g/mol. The van der Waals surface area contributed by atoms with E-state index in [9.17, 15) is 35.9 Å². The molecule has 0 bridgehead atoms. The molecule has 22 nitrogen and oxygen atoms in total. The number of azide groups is 1. The normalized spacial score (nSPS) is 14.5. The van der Waals surface area contributed by atoms with Crippen molar-refractivity contribution in [3.8, 4) is 0 Å². The van der Waals surface area contributed by atoms with Crippen molar-refractivity contribution in [1.29, 1.82) is 0 Å². The summed E-state index contributed by atoms with van der Waals surface area (Å²) in [4.78, 5) is 39.0. The van der Waals surface area contributed by atoms with Crippen molar-refractivity contribution in [2.24, 2.45) is 5.11 Å². The van der Waals surface area contributed by atoms with E-state index in [0.717, 1.165) is 99.5 Å². The van der Waals surface area contributed by atoms with E-state index in [-0.39, 0.29) is 105 Å². The first-order valence-corrected chi connectivity index (χ1v) is 38.8. The molecular formula is C72H115BCl2FN12Na2O10S2. The van der Waals surface area contributed by atoms with E-state index in [4.69, 9.17) is 44.0 Å². The van der Waals surface area contributed by atoms with Gasteiger partial charge in [-0.05, 0) is 172 Å². The van der Waals surface area contributed by atoms with Crippen LogP contribution in [0.25, 0.3) is 26.4 Å². The van der Waals surface area contributed by atoms with Crippen LogP contribution in [0, 0.1) is 0 Å². The molecule has 0 aromatic heterocycles. The molecule has 5 aromatic carbocycles. The first kappa shape index (κ1) is 104. The van der Waals surface area contributed by atoms with E-state index in [1.807, 2.05) is 140 Å². The zero-order valence-electron chi connectivity index (χ0n) is 64.0. The Kier molecular flexibility index (Phi) is 73.1. The number of nitrogens with one attached hydrogen (secondary N) is 1. The summed E-state index contributed by atoms with van der Waals surface area (Å²) in [5, 5.41) is 31.4. The molecule has 5 aromatic rings. The molecule has 3 radical (unpaired) electrons. The molecule has 5 heterocycles. The number of likely N-dealkylation sites (tertiary alicyclic amines) is 4. The number of carbonyl (C=O) groups excluding carboxylic acids is 2. The van der Waals surface area contributed by atoms with E-state index in [0.29, 0.717) is 25.1 Å². The number of rotatable bonds is 25. The first-order valence-electron chi connectivity index (χ1n) is 34.4. The minimum absolute atomic E-state index is 0. The van der Waals surface area contributed by atoms with E-state index in [1.54, 1.807) is 19.1 Å². The van der Waals surface area contributed by atoms with Gasteiger partial charge in [0, 0.05) is 87.2 Å². The minimum atomic E-state index is -3.43. The number of halogens is 3. The fraction of sp³-hybridized carbons (Fsp3) is 0.556. The van der Waals surface area contributed by atoms with Crippen molar-refractivity contribution in [2.75, 3.05) is 151 Å². The van der Waals surface area contributed by atoms with Gasteiger partial charge in [0.05, 0.1) is 33.2 Å². The molecule has 5 fully saturated rings. The van der Waals surface area contributed by atoms with Gasteiger partial charge in [0.2, 0.25) is 9.05 Å². The topological polar surface area (TPSA) is 308 Å². The predicted octanol–water partition coefficient (Wildman–Crippen LogP) is 7.52. The van der Waals surface area contributed by atoms with Crippen LogP contribution in [0.5, 0.6) is 0 Å². The number of hydrogen-bond acceptors (Lipinski definition) is 17. The molecule has 0 spiro atoms. The zero-order valence-corrected chi connectivity index (χ0v) is 69.2. The van der Waals surface area contributed by atoms with Crippen molar-refractivity contribution >= 4 is 61.4 Å². The standard InChI is InChI=1S/C13H19NO3S.C12H16N4.C12H17NO.C12H15NO.C9H9ClO.C6H15N.C3H7N.C2H6O.CH3ClO2S.CH3F.CH4O.B.N3.2Na.H/c1-18(15,16)17-13(8-11-14-9-5-10-14)12-6-3-2-4-7-12;13-15-14-12(7-10-16-8-4-9-16)11-5-2-1-3-6-11;2*14-12(7-10-13-8-4-9-13)11-5-2-1-3-6-11;10-7-6-9(11)8-4-2-1-3-5-8;1-4-7(5-2)6-3;1-2-4-3-1;1-2-3;1-5(2,3)4;2*1-2;;1-3-2;;;/h2-4,6-7,13H,5,8-11H2,1H3;1-3,5-6,12H,4,7-10H2;1-3,5-6,12,14H,4,7-10H2;1-3,5-6H,4,7-10H2;1-5H,6-7H2;4-6H2,1-3H3;4H,1-3H2;3H,2H2,1H3;1H3;1H3;2H,1H3;;;;;/q;;;;;;;;;;;;-1;2*+1;-1/i;;;;;;;;;1D;;;;;;. The van der Waals surface area contributed by atoms with Crippen molar-refractivity contribution < 1.29 is 112 Å². The zero-order chi connectivity index (χ0) is 75.1. The fourth-order valence-electron chi connectivity index (χ4n) is 9.08. The third-order valence-corrected chi connectivity index (χ3v) is 15.9. The van der Waals surface area contributed by atoms with Crippen LogP contribution < -0.4 is 64.4 Å². The van der Waals surface area contributed by atoms with Crippen LogP contribution in [0.2, 0.25) is 0 Å². The number of nitrogens with zero attached hydrogens (tertiary/aromatic N) is 11. The molecule has 30 heteroatoms. The Morgan fingerprint density at radius 3 is 1.19 bits per heavy atom. The average Bonchev–Trinajstić information content (AvgIpc) is 0.871. The third-order valence-electron chi connectivity index (χ3n) is 15.2. The van der Waals surface area contributed by atoms with Gasteiger partial charge in [-0.15, -0.1) is 11.6 Å². The number of Topliss-reactive ketones (excluding diaryl/α,β-unsaturated/α-hetero) is 2. The molecule has 0 aliphatic carbocycles. The Morgan fingerprint density at radius 2 is 0.902 bits per heavy atom. The van der Waals surface area contributed by atoms with Crippen molar-refractivity contribution in [3.63, 3.8) is 0 Å². The minimum Gasteiger partial charge on any atom is -1.00 e. The Labute approximate surface area is 669 Å². The molecule has 5 aliphatic rings. The number of ketones is 2. The van der Waals surface area contributed by atoms with Gasteiger partial charge < -0.3 is 57.6 Å². The SMILES string of the molecule is C1CNC1.CCN(CC)CC.CCO.CO.CS(=O)(=O)Cl.CS(=O)(=O)OC(CCN1CCC1)c1ccccc1.O=C(CCCl)c1ccccc1.O=C(CCN1CCC1)c1ccccc1.OC(CCN1CCC1)c1ccccc1.[2H]CF.[B].[H-].[N-]=[N+]=NC(CCN1CCC1)c1ccccc1.[N-]=[N+]=[N-].[Na+].[Na+]. The van der Waals surface area contributed by atoms with Gasteiger partial charge in [0.1, 0.15) is 6.10 Å². The van der Waals surface area contributed by atoms with Crippen LogP contribution in [0.3, 0.4) is 0 Å². The third kappa shape index (κ3) is 59.3. The predicted molar refractivity (Wildman–Crippen MR) is 411 cm³/mol. The Bertz CT molecular complexity index is 3060. The Balaban J connectivity index is -0.000000264. The van der Waals surface area contributed by atoms with Crippen LogP contribution >= 0.6 is 22.3 Å². The number of alkyl halides is 2. The number of carbonyl (C=O) groups is 2. The molecule has 0 saturated carbocycles. The second kappa shape index (κ2) is 71.4. The van der Waals surface area contributed by atoms with Crippen molar-refractivity contribution in [2.45, 2.75) is 110 Å². The second-order valence-corrected chi connectivity index (χ2v) is 27.5. The van der Waals surface area contributed by atoms with Crippen LogP contribution in [-0.4, -0.2) is 227 Å².